The molecule has 1 unspecified atom stereocenters. The number of carboxylic acid groups (broad SMARTS) is 1. The van der Waals surface area contributed by atoms with Crippen LogP contribution in [-0.2, 0) is 10.2 Å². The summed E-state index contributed by atoms with van der Waals surface area (Å²) in [7, 11) is 0. The van der Waals surface area contributed by atoms with E-state index in [4.69, 9.17) is 15.6 Å². The number of rotatable bonds is 7. The molecule has 1 atom stereocenters. The highest BCUT2D eigenvalue weighted by atomic mass is 16.5. The summed E-state index contributed by atoms with van der Waals surface area (Å²) >= 11 is 0. The molecule has 0 aromatic heterocycles. The molecular weight excluding hydrogens is 414 g/mol. The third-order valence-electron chi connectivity index (χ3n) is 8.02. The Labute approximate surface area is 195 Å². The summed E-state index contributed by atoms with van der Waals surface area (Å²) in [5.41, 5.74) is 9.90. The monoisotopic (exact) mass is 447 g/mol. The fourth-order valence-electron chi connectivity index (χ4n) is 6.96. The van der Waals surface area contributed by atoms with E-state index in [0.717, 1.165) is 46.1 Å². The molecule has 4 fully saturated rings. The van der Waals surface area contributed by atoms with Gasteiger partial charge in [0, 0.05) is 17.2 Å². The Hall–Kier alpha value is -2.79. The van der Waals surface area contributed by atoms with Crippen molar-refractivity contribution in [3.05, 3.63) is 53.6 Å². The number of benzene rings is 2. The average molecular weight is 448 g/mol. The molecule has 2 aromatic rings. The first-order valence-corrected chi connectivity index (χ1v) is 12.2. The van der Waals surface area contributed by atoms with Crippen LogP contribution in [0.25, 0.3) is 17.2 Å². The number of hydrogen-bond acceptors (Lipinski definition) is 4. The summed E-state index contributed by atoms with van der Waals surface area (Å²) in [5.74, 6) is 2.40. The lowest BCUT2D eigenvalue weighted by molar-refractivity contribution is -0.131. The van der Waals surface area contributed by atoms with Gasteiger partial charge in [0.25, 0.3) is 0 Å². The van der Waals surface area contributed by atoms with Gasteiger partial charge in [0.15, 0.2) is 0 Å². The minimum Gasteiger partial charge on any atom is -0.508 e. The van der Waals surface area contributed by atoms with E-state index in [1.165, 1.54) is 38.5 Å². The maximum absolute atomic E-state index is 10.9. The quantitative estimate of drug-likeness (QED) is 0.374. The van der Waals surface area contributed by atoms with E-state index in [0.29, 0.717) is 17.9 Å². The van der Waals surface area contributed by atoms with Crippen LogP contribution in [-0.4, -0.2) is 22.4 Å². The van der Waals surface area contributed by atoms with E-state index in [9.17, 15) is 9.90 Å². The number of carboxylic acids is 1. The molecule has 0 heterocycles. The number of hydrogen-bond donors (Lipinski definition) is 3. The van der Waals surface area contributed by atoms with Crippen molar-refractivity contribution in [2.24, 2.45) is 23.5 Å². The molecular formula is C28H33NO4. The Kier molecular flexibility index (Phi) is 5.69. The van der Waals surface area contributed by atoms with Crippen LogP contribution in [0.1, 0.15) is 63.0 Å². The van der Waals surface area contributed by atoms with Gasteiger partial charge in [-0.3, -0.25) is 5.73 Å². The van der Waals surface area contributed by atoms with Gasteiger partial charge in [0.2, 0.25) is 0 Å². The second-order valence-electron chi connectivity index (χ2n) is 10.4. The van der Waals surface area contributed by atoms with Gasteiger partial charge in [-0.25, -0.2) is 4.79 Å². The summed E-state index contributed by atoms with van der Waals surface area (Å²) in [5, 5.41) is 19.9. The number of nitrogens with two attached hydrogens (primary N) is 1. The first-order valence-electron chi connectivity index (χ1n) is 12.2. The molecule has 5 heteroatoms. The summed E-state index contributed by atoms with van der Waals surface area (Å²) < 4.78 is 6.05. The normalized spacial score (nSPS) is 28.8. The second kappa shape index (κ2) is 8.53. The lowest BCUT2D eigenvalue weighted by Gasteiger charge is -2.57. The number of phenolic OH excluding ortho intramolecular Hbond substituents is 1. The molecule has 6 rings (SSSR count). The standard InChI is InChI=1S/C28H33NO4/c1-2-26(29)33-25-12-17(4-8-27(31)32)3-6-22(25)21-5-7-24(30)23(13-21)28-14-18-9-19(15-28)11-20(10-18)16-28/h3-8,12-13,18-20,26,30H,2,9-11,14-16,29H2,1H3,(H,31,32). The fourth-order valence-corrected chi connectivity index (χ4v) is 6.96. The zero-order valence-corrected chi connectivity index (χ0v) is 19.2. The Morgan fingerprint density at radius 1 is 1.12 bits per heavy atom. The number of carbonyl (C=O) groups is 1. The van der Waals surface area contributed by atoms with Crippen LogP contribution in [0.5, 0.6) is 11.5 Å². The maximum Gasteiger partial charge on any atom is 0.328 e. The number of aromatic hydroxyl groups is 1. The Morgan fingerprint density at radius 3 is 2.39 bits per heavy atom. The maximum atomic E-state index is 10.9. The Morgan fingerprint density at radius 2 is 1.79 bits per heavy atom. The van der Waals surface area contributed by atoms with Gasteiger partial charge in [-0.15, -0.1) is 0 Å². The van der Waals surface area contributed by atoms with Gasteiger partial charge >= 0.3 is 5.97 Å². The highest BCUT2D eigenvalue weighted by Crippen LogP contribution is 2.62. The largest absolute Gasteiger partial charge is 0.508 e. The molecule has 4 saturated carbocycles. The predicted octanol–water partition coefficient (Wildman–Crippen LogP) is 5.70. The van der Waals surface area contributed by atoms with Crippen LogP contribution >= 0.6 is 0 Å². The summed E-state index contributed by atoms with van der Waals surface area (Å²) in [6, 6.07) is 11.6. The van der Waals surface area contributed by atoms with Crippen molar-refractivity contribution in [2.45, 2.75) is 63.5 Å². The van der Waals surface area contributed by atoms with Crippen molar-refractivity contribution >= 4 is 12.0 Å². The van der Waals surface area contributed by atoms with Crippen LogP contribution in [0, 0.1) is 17.8 Å². The molecule has 33 heavy (non-hydrogen) atoms. The Balaban J connectivity index is 1.55. The lowest BCUT2D eigenvalue weighted by Crippen LogP contribution is -2.48. The van der Waals surface area contributed by atoms with Crippen LogP contribution in [0.4, 0.5) is 0 Å². The van der Waals surface area contributed by atoms with Crippen LogP contribution in [0.2, 0.25) is 0 Å². The van der Waals surface area contributed by atoms with Crippen molar-refractivity contribution in [1.29, 1.82) is 0 Å². The van der Waals surface area contributed by atoms with E-state index in [1.54, 1.807) is 6.08 Å². The van der Waals surface area contributed by atoms with Crippen LogP contribution < -0.4 is 10.5 Å². The van der Waals surface area contributed by atoms with Gasteiger partial charge in [-0.1, -0.05) is 25.1 Å². The van der Waals surface area contributed by atoms with E-state index >= 15 is 0 Å². The van der Waals surface area contributed by atoms with Gasteiger partial charge in [0.1, 0.15) is 17.7 Å². The summed E-state index contributed by atoms with van der Waals surface area (Å²) in [4.78, 5) is 10.9. The van der Waals surface area contributed by atoms with Crippen LogP contribution in [0.15, 0.2) is 42.5 Å². The second-order valence-corrected chi connectivity index (χ2v) is 10.4. The average Bonchev–Trinajstić information content (AvgIpc) is 2.77. The summed E-state index contributed by atoms with van der Waals surface area (Å²) in [6.07, 6.45) is 10.5. The molecule has 4 N–H and O–H groups in total. The van der Waals surface area contributed by atoms with Gasteiger partial charge in [0.05, 0.1) is 0 Å². The third-order valence-corrected chi connectivity index (χ3v) is 8.02. The molecule has 4 aliphatic carbocycles. The zero-order valence-electron chi connectivity index (χ0n) is 19.2. The predicted molar refractivity (Wildman–Crippen MR) is 129 cm³/mol. The molecule has 174 valence electrons. The topological polar surface area (TPSA) is 92.8 Å². The molecule has 0 aliphatic heterocycles. The molecule has 0 radical (unpaired) electrons. The molecule has 4 bridgehead atoms. The van der Waals surface area contributed by atoms with Crippen molar-refractivity contribution in [1.82, 2.24) is 0 Å². The summed E-state index contributed by atoms with van der Waals surface area (Å²) in [6.45, 7) is 1.96. The van der Waals surface area contributed by atoms with Gasteiger partial charge in [-0.05, 0) is 104 Å². The molecule has 0 saturated heterocycles. The fraction of sp³-hybridized carbons (Fsp3) is 0.464. The first kappa shape index (κ1) is 22.0. The van der Waals surface area contributed by atoms with Gasteiger partial charge in [-0.2, -0.15) is 0 Å². The first-order chi connectivity index (χ1) is 15.8. The third kappa shape index (κ3) is 4.26. The molecule has 0 spiro atoms. The SMILES string of the molecule is CCC(N)Oc1cc(C=CC(=O)O)ccc1-c1ccc(O)c(C23CC4CC(CC(C4)C2)C3)c1. The zero-order chi connectivity index (χ0) is 23.2. The smallest absolute Gasteiger partial charge is 0.328 e. The molecule has 4 aliphatic rings. The van der Waals surface area contributed by atoms with E-state index in [-0.39, 0.29) is 5.41 Å². The minimum absolute atomic E-state index is 0.0832. The Bertz CT molecular complexity index is 1050. The van der Waals surface area contributed by atoms with Crippen LogP contribution in [0.3, 0.4) is 0 Å². The minimum atomic E-state index is -0.995. The van der Waals surface area contributed by atoms with Crippen molar-refractivity contribution in [2.75, 3.05) is 0 Å². The van der Waals surface area contributed by atoms with Crippen molar-refractivity contribution in [3.63, 3.8) is 0 Å². The number of ether oxygens (including phenoxy) is 1. The molecule has 5 nitrogen and oxygen atoms in total. The highest BCUT2D eigenvalue weighted by molar-refractivity contribution is 5.86. The van der Waals surface area contributed by atoms with Crippen molar-refractivity contribution < 1.29 is 19.7 Å². The van der Waals surface area contributed by atoms with E-state index < -0.39 is 12.2 Å². The van der Waals surface area contributed by atoms with E-state index in [1.807, 2.05) is 37.3 Å². The van der Waals surface area contributed by atoms with E-state index in [2.05, 4.69) is 6.07 Å². The number of aliphatic carboxylic acids is 1. The molecule has 2 aromatic carbocycles. The highest BCUT2D eigenvalue weighted by Gasteiger charge is 2.52. The molecule has 0 amide bonds. The van der Waals surface area contributed by atoms with Crippen molar-refractivity contribution in [3.8, 4) is 22.6 Å². The van der Waals surface area contributed by atoms with Gasteiger partial charge < -0.3 is 14.9 Å². The lowest BCUT2D eigenvalue weighted by atomic mass is 9.48. The number of phenols is 1.